The Hall–Kier alpha value is -2.74. The van der Waals surface area contributed by atoms with E-state index in [2.05, 4.69) is 19.9 Å². The number of rotatable bonds is 4. The monoisotopic (exact) mass is 397 g/mol. The van der Waals surface area contributed by atoms with Gasteiger partial charge in [0.05, 0.1) is 12.2 Å². The van der Waals surface area contributed by atoms with E-state index in [0.717, 1.165) is 69.7 Å². The van der Waals surface area contributed by atoms with E-state index in [0.29, 0.717) is 23.7 Å². The minimum absolute atomic E-state index is 0.00277. The van der Waals surface area contributed by atoms with Gasteiger partial charge in [-0.25, -0.2) is 9.07 Å². The second-order valence-corrected chi connectivity index (χ2v) is 7.82. The van der Waals surface area contributed by atoms with Crippen molar-refractivity contribution in [3.63, 3.8) is 0 Å². The molecule has 152 valence electrons. The molecule has 0 N–H and O–H groups in total. The molecule has 1 aliphatic heterocycles. The van der Waals surface area contributed by atoms with Crippen LogP contribution in [0.3, 0.4) is 0 Å². The third-order valence-corrected chi connectivity index (χ3v) is 5.88. The zero-order valence-corrected chi connectivity index (χ0v) is 16.3. The molecule has 0 bridgehead atoms. The van der Waals surface area contributed by atoms with Crippen molar-refractivity contribution in [3.05, 3.63) is 51.7 Å². The zero-order valence-electron chi connectivity index (χ0n) is 16.3. The Morgan fingerprint density at radius 1 is 1.03 bits per heavy atom. The SMILES string of the molecule is O=c1cc2c(nn1CCN1CCN(c3nc4cc(F)ccc4o3)CC1)CCCC2. The first kappa shape index (κ1) is 18.3. The number of benzene rings is 1. The van der Waals surface area contributed by atoms with Crippen LogP contribution in [0.15, 0.2) is 33.5 Å². The molecule has 1 aromatic carbocycles. The second kappa shape index (κ2) is 7.59. The number of nitrogens with zero attached hydrogens (tertiary/aromatic N) is 5. The summed E-state index contributed by atoms with van der Waals surface area (Å²) in [6, 6.07) is 6.70. The second-order valence-electron chi connectivity index (χ2n) is 7.82. The van der Waals surface area contributed by atoms with Gasteiger partial charge in [-0.3, -0.25) is 9.69 Å². The van der Waals surface area contributed by atoms with Gasteiger partial charge in [0, 0.05) is 44.9 Å². The summed E-state index contributed by atoms with van der Waals surface area (Å²) in [5.74, 6) is -0.312. The quantitative estimate of drug-likeness (QED) is 0.673. The van der Waals surface area contributed by atoms with E-state index in [9.17, 15) is 9.18 Å². The largest absolute Gasteiger partial charge is 0.423 e. The van der Waals surface area contributed by atoms with Crippen molar-refractivity contribution < 1.29 is 8.81 Å². The molecule has 0 amide bonds. The van der Waals surface area contributed by atoms with E-state index in [4.69, 9.17) is 4.42 Å². The van der Waals surface area contributed by atoms with E-state index < -0.39 is 0 Å². The molecule has 1 aliphatic carbocycles. The standard InChI is InChI=1S/C21H24FN5O2/c22-16-5-6-19-18(14-16)23-21(29-19)26-10-7-25(8-11-26)9-12-27-20(28)13-15-3-1-2-4-17(15)24-27/h5-6,13-14H,1-4,7-12H2. The summed E-state index contributed by atoms with van der Waals surface area (Å²) < 4.78 is 20.7. The molecular formula is C21H24FN5O2. The molecule has 0 radical (unpaired) electrons. The number of piperazine rings is 1. The molecule has 8 heteroatoms. The fourth-order valence-electron chi connectivity index (χ4n) is 4.18. The van der Waals surface area contributed by atoms with Crippen molar-refractivity contribution in [2.45, 2.75) is 32.2 Å². The van der Waals surface area contributed by atoms with Gasteiger partial charge in [0.2, 0.25) is 0 Å². The van der Waals surface area contributed by atoms with Crippen LogP contribution in [0.5, 0.6) is 0 Å². The third kappa shape index (κ3) is 3.76. The van der Waals surface area contributed by atoms with Gasteiger partial charge >= 0.3 is 0 Å². The van der Waals surface area contributed by atoms with E-state index >= 15 is 0 Å². The van der Waals surface area contributed by atoms with E-state index in [1.807, 2.05) is 0 Å². The maximum absolute atomic E-state index is 13.4. The molecule has 0 unspecified atom stereocenters. The van der Waals surface area contributed by atoms with E-state index in [1.165, 1.54) is 12.1 Å². The number of halogens is 1. The van der Waals surface area contributed by atoms with Crippen molar-refractivity contribution >= 4 is 17.1 Å². The first-order valence-electron chi connectivity index (χ1n) is 10.3. The van der Waals surface area contributed by atoms with Crippen molar-refractivity contribution in [3.8, 4) is 0 Å². The fourth-order valence-corrected chi connectivity index (χ4v) is 4.18. The third-order valence-electron chi connectivity index (χ3n) is 5.88. The van der Waals surface area contributed by atoms with Crippen LogP contribution in [-0.2, 0) is 19.4 Å². The number of aromatic nitrogens is 3. The van der Waals surface area contributed by atoms with Gasteiger partial charge in [0.25, 0.3) is 11.6 Å². The van der Waals surface area contributed by atoms with Gasteiger partial charge in [0.1, 0.15) is 11.3 Å². The Kier molecular flexibility index (Phi) is 4.79. The van der Waals surface area contributed by atoms with Gasteiger partial charge in [-0.05, 0) is 43.4 Å². The Morgan fingerprint density at radius 2 is 1.86 bits per heavy atom. The number of anilines is 1. The highest BCUT2D eigenvalue weighted by atomic mass is 19.1. The molecule has 2 aliphatic rings. The summed E-state index contributed by atoms with van der Waals surface area (Å²) in [4.78, 5) is 21.2. The van der Waals surface area contributed by atoms with Crippen LogP contribution in [0.4, 0.5) is 10.4 Å². The van der Waals surface area contributed by atoms with Gasteiger partial charge in [0.15, 0.2) is 5.58 Å². The van der Waals surface area contributed by atoms with Crippen LogP contribution in [0.1, 0.15) is 24.1 Å². The van der Waals surface area contributed by atoms with Crippen molar-refractivity contribution in [2.75, 3.05) is 37.6 Å². The van der Waals surface area contributed by atoms with Crippen LogP contribution >= 0.6 is 0 Å². The van der Waals surface area contributed by atoms with Crippen LogP contribution in [-0.4, -0.2) is 52.4 Å². The normalized spacial score (nSPS) is 17.6. The number of fused-ring (bicyclic) bond motifs is 2. The van der Waals surface area contributed by atoms with Gasteiger partial charge in [-0.2, -0.15) is 10.1 Å². The fraction of sp³-hybridized carbons (Fsp3) is 0.476. The minimum Gasteiger partial charge on any atom is -0.423 e. The topological polar surface area (TPSA) is 67.4 Å². The molecule has 29 heavy (non-hydrogen) atoms. The summed E-state index contributed by atoms with van der Waals surface area (Å²) in [6.45, 7) is 4.66. The van der Waals surface area contributed by atoms with Crippen molar-refractivity contribution in [2.24, 2.45) is 0 Å². The van der Waals surface area contributed by atoms with Crippen LogP contribution in [0.25, 0.3) is 11.1 Å². The van der Waals surface area contributed by atoms with Gasteiger partial charge in [-0.15, -0.1) is 0 Å². The van der Waals surface area contributed by atoms with Crippen LogP contribution in [0.2, 0.25) is 0 Å². The van der Waals surface area contributed by atoms with Gasteiger partial charge in [-0.1, -0.05) is 0 Å². The van der Waals surface area contributed by atoms with Crippen LogP contribution < -0.4 is 10.5 Å². The first-order chi connectivity index (χ1) is 14.2. The van der Waals surface area contributed by atoms with Crippen LogP contribution in [0, 0.1) is 5.82 Å². The average molecular weight is 397 g/mol. The summed E-state index contributed by atoms with van der Waals surface area (Å²) in [5.41, 5.74) is 3.36. The Morgan fingerprint density at radius 3 is 2.72 bits per heavy atom. The Balaban J connectivity index is 1.19. The zero-order chi connectivity index (χ0) is 19.8. The summed E-state index contributed by atoms with van der Waals surface area (Å²) in [5, 5.41) is 4.60. The highest BCUT2D eigenvalue weighted by Gasteiger charge is 2.21. The molecular weight excluding hydrogens is 373 g/mol. The van der Waals surface area contributed by atoms with Crippen molar-refractivity contribution in [1.82, 2.24) is 19.7 Å². The smallest absolute Gasteiger partial charge is 0.298 e. The highest BCUT2D eigenvalue weighted by Crippen LogP contribution is 2.23. The number of aryl methyl sites for hydroxylation is 2. The number of hydrogen-bond acceptors (Lipinski definition) is 6. The lowest BCUT2D eigenvalue weighted by molar-refractivity contribution is 0.238. The minimum atomic E-state index is -0.312. The maximum atomic E-state index is 13.4. The Labute approximate surface area is 167 Å². The molecule has 1 saturated heterocycles. The van der Waals surface area contributed by atoms with Crippen molar-refractivity contribution in [1.29, 1.82) is 0 Å². The lowest BCUT2D eigenvalue weighted by Gasteiger charge is -2.33. The first-order valence-corrected chi connectivity index (χ1v) is 10.3. The molecule has 0 atom stereocenters. The average Bonchev–Trinajstić information content (AvgIpc) is 3.16. The predicted octanol–water partition coefficient (Wildman–Crippen LogP) is 2.22. The van der Waals surface area contributed by atoms with Gasteiger partial charge < -0.3 is 9.32 Å². The summed E-state index contributed by atoms with van der Waals surface area (Å²) in [7, 11) is 0. The lowest BCUT2D eigenvalue weighted by atomic mass is 9.97. The molecule has 1 fully saturated rings. The molecule has 3 aromatic rings. The lowest BCUT2D eigenvalue weighted by Crippen LogP contribution is -2.47. The molecule has 7 nitrogen and oxygen atoms in total. The predicted molar refractivity (Wildman–Crippen MR) is 108 cm³/mol. The molecule has 2 aromatic heterocycles. The van der Waals surface area contributed by atoms with E-state index in [-0.39, 0.29) is 11.4 Å². The van der Waals surface area contributed by atoms with E-state index in [1.54, 1.807) is 16.8 Å². The summed E-state index contributed by atoms with van der Waals surface area (Å²) >= 11 is 0. The molecule has 0 spiro atoms. The maximum Gasteiger partial charge on any atom is 0.298 e. The Bertz CT molecular complexity index is 1080. The number of hydrogen-bond donors (Lipinski definition) is 0. The highest BCUT2D eigenvalue weighted by molar-refractivity contribution is 5.74. The summed E-state index contributed by atoms with van der Waals surface area (Å²) in [6.07, 6.45) is 4.26. The molecule has 0 saturated carbocycles. The molecule has 3 heterocycles. The molecule has 5 rings (SSSR count). The number of oxazole rings is 1.